The van der Waals surface area contributed by atoms with E-state index in [2.05, 4.69) is 8.37 Å². The third-order valence-corrected chi connectivity index (χ3v) is 8.58. The van der Waals surface area contributed by atoms with Crippen LogP contribution in [0.1, 0.15) is 22.3 Å². The van der Waals surface area contributed by atoms with Crippen molar-refractivity contribution in [2.75, 3.05) is 0 Å². The largest absolute Gasteiger partial charge is 0.534 e. The first-order chi connectivity index (χ1) is 19.9. The minimum Gasteiger partial charge on any atom is -0.373 e. The molecule has 4 aromatic rings. The highest BCUT2D eigenvalue weighted by atomic mass is 32.2. The molecule has 0 saturated carbocycles. The second-order valence-corrected chi connectivity index (χ2v) is 12.2. The van der Waals surface area contributed by atoms with Crippen LogP contribution in [0.2, 0.25) is 0 Å². The molecule has 1 aliphatic carbocycles. The van der Waals surface area contributed by atoms with Gasteiger partial charge in [0.15, 0.2) is 23.1 Å². The lowest BCUT2D eigenvalue weighted by Crippen LogP contribution is -2.30. The maximum atomic E-state index is 15.3. The van der Waals surface area contributed by atoms with Gasteiger partial charge in [0.05, 0.1) is 5.41 Å². The zero-order chi connectivity index (χ0) is 31.6. The summed E-state index contributed by atoms with van der Waals surface area (Å²) in [5, 5.41) is 0. The number of halogens is 8. The van der Waals surface area contributed by atoms with Gasteiger partial charge >= 0.3 is 31.3 Å². The van der Waals surface area contributed by atoms with Crippen LogP contribution in [-0.2, 0) is 25.7 Å². The van der Waals surface area contributed by atoms with Gasteiger partial charge in [-0.15, -0.1) is 0 Å². The molecule has 0 aromatic heterocycles. The maximum absolute atomic E-state index is 15.3. The van der Waals surface area contributed by atoms with Crippen molar-refractivity contribution in [2.45, 2.75) is 16.4 Å². The molecule has 0 heterocycles. The Kier molecular flexibility index (Phi) is 7.00. The molecule has 0 spiro atoms. The Hall–Kier alpha value is -4.18. The van der Waals surface area contributed by atoms with Gasteiger partial charge in [-0.25, -0.2) is 8.78 Å². The van der Waals surface area contributed by atoms with E-state index < -0.39 is 59.8 Å². The molecule has 0 bridgehead atoms. The Morgan fingerprint density at radius 3 is 1.21 bits per heavy atom. The zero-order valence-electron chi connectivity index (χ0n) is 20.9. The minimum atomic E-state index is -6.24. The summed E-state index contributed by atoms with van der Waals surface area (Å²) >= 11 is 0. The fourth-order valence-electron chi connectivity index (χ4n) is 4.96. The summed E-state index contributed by atoms with van der Waals surface area (Å²) in [5.74, 6) is -5.65. The number of fused-ring (bicyclic) bond motifs is 3. The fraction of sp³-hybridized carbons (Fsp3) is 0.111. The molecule has 43 heavy (non-hydrogen) atoms. The average Bonchev–Trinajstić information content (AvgIpc) is 3.21. The van der Waals surface area contributed by atoms with Crippen LogP contribution in [0.4, 0.5) is 35.1 Å². The molecule has 1 aliphatic rings. The summed E-state index contributed by atoms with van der Waals surface area (Å²) < 4.78 is 161. The lowest BCUT2D eigenvalue weighted by molar-refractivity contribution is -0.0505. The number of benzene rings is 4. The second-order valence-electron chi connectivity index (χ2n) is 9.10. The molecule has 0 N–H and O–H groups in total. The highest BCUT2D eigenvalue weighted by Crippen LogP contribution is 2.56. The van der Waals surface area contributed by atoms with Gasteiger partial charge in [-0.2, -0.15) is 43.2 Å². The fourth-order valence-corrected chi connectivity index (χ4v) is 5.89. The van der Waals surface area contributed by atoms with E-state index in [0.717, 1.165) is 12.1 Å². The molecule has 6 nitrogen and oxygen atoms in total. The van der Waals surface area contributed by atoms with Crippen LogP contribution in [0, 0.1) is 11.6 Å². The van der Waals surface area contributed by atoms with Crippen LogP contribution in [0.25, 0.3) is 11.1 Å². The van der Waals surface area contributed by atoms with Crippen molar-refractivity contribution >= 4 is 20.2 Å². The SMILES string of the molecule is O=S(=O)(Oc1ccc(C2(c3ccc(OS(=O)(=O)C(F)(F)F)c(F)c3)c3ccccc3-c3ccccc32)cc1F)C(F)(F)F. The lowest BCUT2D eigenvalue weighted by Gasteiger charge is -2.34. The van der Waals surface area contributed by atoms with Crippen LogP contribution in [0.3, 0.4) is 0 Å². The van der Waals surface area contributed by atoms with Crippen molar-refractivity contribution in [3.05, 3.63) is 119 Å². The van der Waals surface area contributed by atoms with Gasteiger partial charge in [0.1, 0.15) is 0 Å². The van der Waals surface area contributed by atoms with E-state index in [1.807, 2.05) is 0 Å². The summed E-state index contributed by atoms with van der Waals surface area (Å²) in [7, 11) is -12.5. The first kappa shape index (κ1) is 30.3. The summed E-state index contributed by atoms with van der Waals surface area (Å²) in [6.07, 6.45) is 0. The van der Waals surface area contributed by atoms with E-state index in [0.29, 0.717) is 46.5 Å². The molecule has 226 valence electrons. The van der Waals surface area contributed by atoms with Crippen molar-refractivity contribution in [2.24, 2.45) is 0 Å². The van der Waals surface area contributed by atoms with E-state index in [1.54, 1.807) is 48.5 Å². The second kappa shape index (κ2) is 9.94. The van der Waals surface area contributed by atoms with Gasteiger partial charge in [-0.05, 0) is 57.6 Å². The van der Waals surface area contributed by atoms with E-state index in [4.69, 9.17) is 0 Å². The highest BCUT2D eigenvalue weighted by molar-refractivity contribution is 7.88. The van der Waals surface area contributed by atoms with E-state index in [1.165, 1.54) is 0 Å². The summed E-state index contributed by atoms with van der Waals surface area (Å²) in [5.41, 5.74) is -11.7. The normalized spacial score (nSPS) is 14.6. The molecular formula is C27H14F8O6S2. The van der Waals surface area contributed by atoms with Crippen LogP contribution in [-0.4, -0.2) is 27.9 Å². The predicted molar refractivity (Wildman–Crippen MR) is 135 cm³/mol. The standard InChI is InChI=1S/C27H14F8O6S2/c28-21-13-15(9-11-23(21)40-42(36,37)26(30,31)32)25(19-7-3-1-5-17(19)18-6-2-4-8-20(18)25)16-10-12-24(22(29)14-16)41-43(38,39)27(33,34)35/h1-14H. The van der Waals surface area contributed by atoms with Gasteiger partial charge in [-0.3, -0.25) is 0 Å². The van der Waals surface area contributed by atoms with E-state index >= 15 is 8.78 Å². The first-order valence-corrected chi connectivity index (χ1v) is 14.5. The number of alkyl halides is 6. The van der Waals surface area contributed by atoms with Gasteiger partial charge in [0.25, 0.3) is 0 Å². The van der Waals surface area contributed by atoms with Crippen LogP contribution >= 0.6 is 0 Å². The number of hydrogen-bond donors (Lipinski definition) is 0. The van der Waals surface area contributed by atoms with Gasteiger partial charge in [0.2, 0.25) is 0 Å². The molecule has 0 saturated heterocycles. The van der Waals surface area contributed by atoms with Crippen molar-refractivity contribution < 1.29 is 60.3 Å². The monoisotopic (exact) mass is 650 g/mol. The topological polar surface area (TPSA) is 86.7 Å². The van der Waals surface area contributed by atoms with Crippen molar-refractivity contribution in [1.29, 1.82) is 0 Å². The molecular weight excluding hydrogens is 636 g/mol. The molecule has 4 aromatic carbocycles. The van der Waals surface area contributed by atoms with Crippen molar-refractivity contribution in [3.8, 4) is 22.6 Å². The number of rotatable bonds is 6. The van der Waals surface area contributed by atoms with E-state index in [-0.39, 0.29) is 11.1 Å². The summed E-state index contributed by atoms with van der Waals surface area (Å²) in [6.45, 7) is 0. The maximum Gasteiger partial charge on any atom is 0.534 e. The Morgan fingerprint density at radius 1 is 0.535 bits per heavy atom. The predicted octanol–water partition coefficient (Wildman–Crippen LogP) is 6.78. The zero-order valence-corrected chi connectivity index (χ0v) is 22.5. The minimum absolute atomic E-state index is 0.0739. The third-order valence-electron chi connectivity index (χ3n) is 6.65. The molecule has 0 fully saturated rings. The molecule has 5 rings (SSSR count). The molecule has 16 heteroatoms. The number of hydrogen-bond acceptors (Lipinski definition) is 6. The molecule has 0 unspecified atom stereocenters. The van der Waals surface area contributed by atoms with Gasteiger partial charge in [0, 0.05) is 0 Å². The Balaban J connectivity index is 1.75. The van der Waals surface area contributed by atoms with Crippen molar-refractivity contribution in [1.82, 2.24) is 0 Å². The van der Waals surface area contributed by atoms with Gasteiger partial charge < -0.3 is 8.37 Å². The Morgan fingerprint density at radius 2 is 0.884 bits per heavy atom. The van der Waals surface area contributed by atoms with Crippen LogP contribution < -0.4 is 8.37 Å². The van der Waals surface area contributed by atoms with Gasteiger partial charge in [-0.1, -0.05) is 60.7 Å². The van der Waals surface area contributed by atoms with E-state index in [9.17, 15) is 43.2 Å². The third kappa shape index (κ3) is 4.87. The quantitative estimate of drug-likeness (QED) is 0.114. The van der Waals surface area contributed by atoms with Crippen molar-refractivity contribution in [3.63, 3.8) is 0 Å². The molecule has 0 amide bonds. The Bertz CT molecular complexity index is 1830. The molecule has 0 atom stereocenters. The summed E-state index contributed by atoms with van der Waals surface area (Å²) in [4.78, 5) is 0. The summed E-state index contributed by atoms with van der Waals surface area (Å²) in [6, 6.07) is 17.6. The van der Waals surface area contributed by atoms with Crippen LogP contribution in [0.15, 0.2) is 84.9 Å². The average molecular weight is 651 g/mol. The lowest BCUT2D eigenvalue weighted by atomic mass is 9.67. The molecule has 0 aliphatic heterocycles. The smallest absolute Gasteiger partial charge is 0.373 e. The highest BCUT2D eigenvalue weighted by Gasteiger charge is 2.51. The molecule has 0 radical (unpaired) electrons. The Labute approximate surface area is 238 Å². The van der Waals surface area contributed by atoms with Crippen LogP contribution in [0.5, 0.6) is 11.5 Å². The first-order valence-electron chi connectivity index (χ1n) is 11.7.